The second-order valence-corrected chi connectivity index (χ2v) is 11.8. The van der Waals surface area contributed by atoms with E-state index in [1.807, 2.05) is 49.0 Å². The average molecular weight is 551 g/mol. The van der Waals surface area contributed by atoms with Gasteiger partial charge in [-0.05, 0) is 44.2 Å². The third-order valence-electron chi connectivity index (χ3n) is 7.55. The molecule has 2 N–H and O–H groups in total. The molecule has 1 aromatic carbocycles. The van der Waals surface area contributed by atoms with Gasteiger partial charge in [-0.25, -0.2) is 4.98 Å². The molecule has 1 saturated carbocycles. The molecular weight excluding hydrogens is 504 g/mol. The first-order valence-corrected chi connectivity index (χ1v) is 15.5. The van der Waals surface area contributed by atoms with Gasteiger partial charge in [0.1, 0.15) is 0 Å². The molecule has 2 heterocycles. The average Bonchev–Trinajstić information content (AvgIpc) is 3.32. The fourth-order valence-electron chi connectivity index (χ4n) is 4.56. The molecular formula is C32H46N4O2S. The van der Waals surface area contributed by atoms with Crippen LogP contribution in [-0.4, -0.2) is 27.9 Å². The number of nitrogens with one attached hydrogen (secondary N) is 2. The van der Waals surface area contributed by atoms with E-state index in [-0.39, 0.29) is 23.9 Å². The molecule has 0 bridgehead atoms. The molecule has 1 fully saturated rings. The number of hydrogen-bond donors (Lipinski definition) is 2. The summed E-state index contributed by atoms with van der Waals surface area (Å²) in [5.41, 5.74) is 3.79. The van der Waals surface area contributed by atoms with Crippen molar-refractivity contribution >= 4 is 28.3 Å². The molecule has 212 valence electrons. The van der Waals surface area contributed by atoms with Gasteiger partial charge in [-0.15, -0.1) is 11.3 Å². The smallest absolute Gasteiger partial charge is 0.253 e. The summed E-state index contributed by atoms with van der Waals surface area (Å²) in [6.45, 7) is 11.0. The summed E-state index contributed by atoms with van der Waals surface area (Å²) in [6, 6.07) is 9.90. The molecule has 0 aliphatic heterocycles. The molecule has 6 nitrogen and oxygen atoms in total. The number of aromatic nitrogens is 2. The molecule has 0 saturated heterocycles. The Hall–Kier alpha value is -2.93. The maximum atomic E-state index is 12.5. The maximum absolute atomic E-state index is 12.5. The van der Waals surface area contributed by atoms with Crippen LogP contribution in [0.3, 0.4) is 0 Å². The number of anilines is 1. The molecule has 39 heavy (non-hydrogen) atoms. The lowest BCUT2D eigenvalue weighted by Gasteiger charge is -2.17. The summed E-state index contributed by atoms with van der Waals surface area (Å²) < 4.78 is 2.18. The van der Waals surface area contributed by atoms with Crippen LogP contribution in [0.25, 0.3) is 11.3 Å². The van der Waals surface area contributed by atoms with E-state index in [0.29, 0.717) is 10.7 Å². The maximum Gasteiger partial charge on any atom is 0.253 e. The summed E-state index contributed by atoms with van der Waals surface area (Å²) in [4.78, 5) is 29.2. The Kier molecular flexibility index (Phi) is 11.8. The third-order valence-corrected chi connectivity index (χ3v) is 8.30. The van der Waals surface area contributed by atoms with Gasteiger partial charge < -0.3 is 15.2 Å². The van der Waals surface area contributed by atoms with Crippen molar-refractivity contribution in [2.75, 3.05) is 11.9 Å². The SMILES string of the molecule is CCCCC(C)CC.CCCCC1(n2ccc(C(=O)NCC(=O)Nc3nc(-c4cccc(C)c4)cs3)c2)CC1. The van der Waals surface area contributed by atoms with Crippen molar-refractivity contribution in [3.05, 3.63) is 59.2 Å². The summed E-state index contributed by atoms with van der Waals surface area (Å²) in [5, 5.41) is 7.91. The van der Waals surface area contributed by atoms with Gasteiger partial charge in [-0.3, -0.25) is 9.59 Å². The monoisotopic (exact) mass is 550 g/mol. The molecule has 1 aliphatic rings. The van der Waals surface area contributed by atoms with Crippen LogP contribution in [-0.2, 0) is 10.3 Å². The van der Waals surface area contributed by atoms with E-state index in [4.69, 9.17) is 0 Å². The van der Waals surface area contributed by atoms with E-state index in [2.05, 4.69) is 53.9 Å². The number of amides is 2. The largest absolute Gasteiger partial charge is 0.347 e. The fraction of sp³-hybridized carbons (Fsp3) is 0.531. The van der Waals surface area contributed by atoms with Crippen LogP contribution in [0, 0.1) is 12.8 Å². The molecule has 2 aromatic heterocycles. The van der Waals surface area contributed by atoms with Crippen molar-refractivity contribution < 1.29 is 9.59 Å². The van der Waals surface area contributed by atoms with Gasteiger partial charge in [0.25, 0.3) is 5.91 Å². The lowest BCUT2D eigenvalue weighted by atomic mass is 10.0. The van der Waals surface area contributed by atoms with Crippen molar-refractivity contribution in [1.82, 2.24) is 14.9 Å². The first-order chi connectivity index (χ1) is 18.8. The number of hydrogen-bond acceptors (Lipinski definition) is 4. The minimum Gasteiger partial charge on any atom is -0.347 e. The van der Waals surface area contributed by atoms with Crippen LogP contribution in [0.15, 0.2) is 48.1 Å². The number of aryl methyl sites for hydroxylation is 1. The lowest BCUT2D eigenvalue weighted by Crippen LogP contribution is -2.32. The predicted molar refractivity (Wildman–Crippen MR) is 163 cm³/mol. The second kappa shape index (κ2) is 15.0. The topological polar surface area (TPSA) is 76.0 Å². The Bertz CT molecular complexity index is 1190. The number of unbranched alkanes of at least 4 members (excludes halogenated alkanes) is 2. The van der Waals surface area contributed by atoms with Crippen LogP contribution < -0.4 is 10.6 Å². The zero-order valence-corrected chi connectivity index (χ0v) is 25.2. The number of rotatable bonds is 13. The van der Waals surface area contributed by atoms with Crippen LogP contribution >= 0.6 is 11.3 Å². The number of nitrogens with zero attached hydrogens (tertiary/aromatic N) is 2. The van der Waals surface area contributed by atoms with E-state index in [1.54, 1.807) is 0 Å². The van der Waals surface area contributed by atoms with E-state index in [0.717, 1.165) is 29.2 Å². The Morgan fingerprint density at radius 3 is 2.56 bits per heavy atom. The standard InChI is InChI=1S/C24H28N4O2S.C8H18/c1-3-4-9-24(10-11-24)28-12-8-19(15-28)22(30)25-14-21(29)27-23-26-20(16-31-23)18-7-5-6-17(2)13-18;1-4-6-7-8(3)5-2/h5-8,12-13,15-16H,3-4,9-11,14H2,1-2H3,(H,25,30)(H,26,27,29);8H,4-7H2,1-3H3. The van der Waals surface area contributed by atoms with Gasteiger partial charge in [0, 0.05) is 28.9 Å². The molecule has 0 radical (unpaired) electrons. The normalized spacial score (nSPS) is 14.2. The summed E-state index contributed by atoms with van der Waals surface area (Å²) in [7, 11) is 0. The molecule has 7 heteroatoms. The highest BCUT2D eigenvalue weighted by Crippen LogP contribution is 2.47. The van der Waals surface area contributed by atoms with Gasteiger partial charge in [0.2, 0.25) is 5.91 Å². The molecule has 1 atom stereocenters. The quantitative estimate of drug-likeness (QED) is 0.225. The molecule has 0 spiro atoms. The highest BCUT2D eigenvalue weighted by molar-refractivity contribution is 7.14. The number of carbonyl (C=O) groups is 2. The summed E-state index contributed by atoms with van der Waals surface area (Å²) in [5.74, 6) is 0.425. The molecule has 1 unspecified atom stereocenters. The molecule has 1 aliphatic carbocycles. The Morgan fingerprint density at radius 1 is 1.13 bits per heavy atom. The van der Waals surface area contributed by atoms with Crippen LogP contribution in [0.4, 0.5) is 5.13 Å². The highest BCUT2D eigenvalue weighted by atomic mass is 32.1. The van der Waals surface area contributed by atoms with E-state index in [9.17, 15) is 9.59 Å². The molecule has 4 rings (SSSR count). The zero-order chi connectivity index (χ0) is 28.3. The van der Waals surface area contributed by atoms with Gasteiger partial charge in [0.05, 0.1) is 17.8 Å². The van der Waals surface area contributed by atoms with Gasteiger partial charge in [-0.1, -0.05) is 90.0 Å². The van der Waals surface area contributed by atoms with Crippen molar-refractivity contribution in [3.63, 3.8) is 0 Å². The summed E-state index contributed by atoms with van der Waals surface area (Å²) >= 11 is 1.37. The first kappa shape index (κ1) is 30.6. The Morgan fingerprint density at radius 2 is 1.90 bits per heavy atom. The van der Waals surface area contributed by atoms with Crippen molar-refractivity contribution in [2.45, 2.75) is 97.9 Å². The Balaban J connectivity index is 0.000000459. The molecule has 3 aromatic rings. The van der Waals surface area contributed by atoms with Gasteiger partial charge in [0.15, 0.2) is 5.13 Å². The predicted octanol–water partition coefficient (Wildman–Crippen LogP) is 8.19. The number of benzene rings is 1. The first-order valence-electron chi connectivity index (χ1n) is 14.6. The van der Waals surface area contributed by atoms with E-state index in [1.165, 1.54) is 62.7 Å². The second-order valence-electron chi connectivity index (χ2n) is 10.9. The van der Waals surface area contributed by atoms with Gasteiger partial charge in [-0.2, -0.15) is 0 Å². The third kappa shape index (κ3) is 9.34. The summed E-state index contributed by atoms with van der Waals surface area (Å²) in [6.07, 6.45) is 15.3. The zero-order valence-electron chi connectivity index (χ0n) is 24.4. The number of thiazole rings is 1. The van der Waals surface area contributed by atoms with Crippen LogP contribution in [0.5, 0.6) is 0 Å². The highest BCUT2D eigenvalue weighted by Gasteiger charge is 2.43. The fourth-order valence-corrected chi connectivity index (χ4v) is 5.30. The van der Waals surface area contributed by atoms with Crippen LogP contribution in [0.2, 0.25) is 0 Å². The van der Waals surface area contributed by atoms with Crippen LogP contribution in [0.1, 0.15) is 101 Å². The van der Waals surface area contributed by atoms with Crippen molar-refractivity contribution in [3.8, 4) is 11.3 Å². The van der Waals surface area contributed by atoms with Crippen molar-refractivity contribution in [2.24, 2.45) is 5.92 Å². The van der Waals surface area contributed by atoms with Gasteiger partial charge >= 0.3 is 0 Å². The minimum atomic E-state index is -0.292. The van der Waals surface area contributed by atoms with E-state index < -0.39 is 0 Å². The minimum absolute atomic E-state index is 0.0929. The molecule has 2 amide bonds. The van der Waals surface area contributed by atoms with Crippen molar-refractivity contribution in [1.29, 1.82) is 0 Å². The number of carbonyl (C=O) groups excluding carboxylic acids is 2. The Labute approximate surface area is 238 Å². The van der Waals surface area contributed by atoms with E-state index >= 15 is 0 Å². The lowest BCUT2D eigenvalue weighted by molar-refractivity contribution is -0.115.